The fraction of sp³-hybridized carbons (Fsp3) is 0.364. The number of hydrogen-bond acceptors (Lipinski definition) is 4. The summed E-state index contributed by atoms with van der Waals surface area (Å²) in [5.74, 6) is 0.756. The molecule has 0 amide bonds. The minimum atomic E-state index is 0.688. The Kier molecular flexibility index (Phi) is 2.87. The van der Waals surface area contributed by atoms with Gasteiger partial charge in [0.2, 0.25) is 0 Å². The fourth-order valence-electron chi connectivity index (χ4n) is 1.55. The molecular formula is C11H16N4S. The van der Waals surface area contributed by atoms with Crippen LogP contribution in [0.1, 0.15) is 15.3 Å². The molecule has 2 aromatic rings. The molecule has 2 aromatic heterocycles. The number of aromatic nitrogens is 2. The Hall–Kier alpha value is -1.49. The lowest BCUT2D eigenvalue weighted by Gasteiger charge is -2.01. The Morgan fingerprint density at radius 3 is 2.75 bits per heavy atom. The average Bonchev–Trinajstić information content (AvgIpc) is 2.68. The van der Waals surface area contributed by atoms with Crippen LogP contribution in [-0.2, 0) is 13.6 Å². The summed E-state index contributed by atoms with van der Waals surface area (Å²) >= 11 is 1.81. The van der Waals surface area contributed by atoms with E-state index in [-0.39, 0.29) is 0 Å². The summed E-state index contributed by atoms with van der Waals surface area (Å²) in [6.45, 7) is 5.05. The number of nitrogens with one attached hydrogen (secondary N) is 1. The Bertz CT molecular complexity index is 479. The molecule has 0 atom stereocenters. The van der Waals surface area contributed by atoms with Gasteiger partial charge in [-0.2, -0.15) is 5.10 Å². The van der Waals surface area contributed by atoms with E-state index in [0.717, 1.165) is 12.4 Å². The molecule has 3 N–H and O–H groups in total. The zero-order valence-corrected chi connectivity index (χ0v) is 10.6. The first-order chi connectivity index (χ1) is 7.56. The van der Waals surface area contributed by atoms with Gasteiger partial charge in [0, 0.05) is 23.0 Å². The number of nitrogens with zero attached hydrogens (tertiary/aromatic N) is 2. The van der Waals surface area contributed by atoms with Crippen molar-refractivity contribution in [1.82, 2.24) is 9.78 Å². The Balaban J connectivity index is 2.04. The SMILES string of the molecule is Cc1cc(CNc2nn(C)cc2N)sc1C. The van der Waals surface area contributed by atoms with Crippen LogP contribution >= 0.6 is 11.3 Å². The lowest BCUT2D eigenvalue weighted by molar-refractivity contribution is 0.768. The topological polar surface area (TPSA) is 55.9 Å². The molecule has 0 aromatic carbocycles. The van der Waals surface area contributed by atoms with E-state index in [1.807, 2.05) is 18.4 Å². The van der Waals surface area contributed by atoms with E-state index in [1.54, 1.807) is 10.9 Å². The summed E-state index contributed by atoms with van der Waals surface area (Å²) in [5.41, 5.74) is 7.83. The molecule has 0 unspecified atom stereocenters. The molecule has 0 saturated carbocycles. The molecule has 5 heteroatoms. The van der Waals surface area contributed by atoms with Crippen LogP contribution in [0.25, 0.3) is 0 Å². The Morgan fingerprint density at radius 1 is 1.50 bits per heavy atom. The van der Waals surface area contributed by atoms with Crippen LogP contribution in [0.4, 0.5) is 11.5 Å². The molecule has 0 bridgehead atoms. The Morgan fingerprint density at radius 2 is 2.25 bits per heavy atom. The van der Waals surface area contributed by atoms with Crippen molar-refractivity contribution in [1.29, 1.82) is 0 Å². The summed E-state index contributed by atoms with van der Waals surface area (Å²) in [7, 11) is 1.86. The summed E-state index contributed by atoms with van der Waals surface area (Å²) < 4.78 is 1.71. The van der Waals surface area contributed by atoms with E-state index < -0.39 is 0 Å². The second kappa shape index (κ2) is 4.17. The van der Waals surface area contributed by atoms with E-state index in [0.29, 0.717) is 5.69 Å². The molecule has 4 nitrogen and oxygen atoms in total. The first-order valence-electron chi connectivity index (χ1n) is 5.15. The normalized spacial score (nSPS) is 10.7. The molecule has 16 heavy (non-hydrogen) atoms. The van der Waals surface area contributed by atoms with Crippen molar-refractivity contribution in [2.45, 2.75) is 20.4 Å². The number of rotatable bonds is 3. The van der Waals surface area contributed by atoms with Gasteiger partial charge in [-0.25, -0.2) is 0 Å². The van der Waals surface area contributed by atoms with E-state index in [9.17, 15) is 0 Å². The van der Waals surface area contributed by atoms with Crippen molar-refractivity contribution in [2.75, 3.05) is 11.1 Å². The van der Waals surface area contributed by atoms with Crippen molar-refractivity contribution in [3.8, 4) is 0 Å². The molecule has 0 radical (unpaired) electrons. The number of thiophene rings is 1. The van der Waals surface area contributed by atoms with Gasteiger partial charge in [-0.05, 0) is 25.5 Å². The maximum absolute atomic E-state index is 5.80. The third-order valence-corrected chi connectivity index (χ3v) is 3.66. The van der Waals surface area contributed by atoms with Crippen molar-refractivity contribution in [3.05, 3.63) is 27.6 Å². The van der Waals surface area contributed by atoms with Crippen LogP contribution in [0.15, 0.2) is 12.3 Å². The third-order valence-electron chi connectivity index (χ3n) is 2.50. The predicted molar refractivity (Wildman–Crippen MR) is 68.7 cm³/mol. The zero-order valence-electron chi connectivity index (χ0n) is 9.74. The average molecular weight is 236 g/mol. The summed E-state index contributed by atoms with van der Waals surface area (Å²) in [6.07, 6.45) is 1.80. The second-order valence-electron chi connectivity index (χ2n) is 3.91. The van der Waals surface area contributed by atoms with Crippen LogP contribution in [-0.4, -0.2) is 9.78 Å². The molecule has 0 saturated heterocycles. The van der Waals surface area contributed by atoms with Gasteiger partial charge in [0.05, 0.1) is 12.2 Å². The van der Waals surface area contributed by atoms with E-state index >= 15 is 0 Å². The van der Waals surface area contributed by atoms with Gasteiger partial charge in [-0.15, -0.1) is 11.3 Å². The van der Waals surface area contributed by atoms with Crippen LogP contribution < -0.4 is 11.1 Å². The minimum absolute atomic E-state index is 0.688. The number of anilines is 2. The predicted octanol–water partition coefficient (Wildman–Crippen LogP) is 2.29. The highest BCUT2D eigenvalue weighted by atomic mass is 32.1. The maximum atomic E-state index is 5.80. The van der Waals surface area contributed by atoms with Gasteiger partial charge >= 0.3 is 0 Å². The standard InChI is InChI=1S/C11H16N4S/c1-7-4-9(16-8(7)2)5-13-11-10(12)6-15(3)14-11/h4,6H,5,12H2,1-3H3,(H,13,14). The molecule has 2 rings (SSSR count). The van der Waals surface area contributed by atoms with Gasteiger partial charge in [-0.1, -0.05) is 0 Å². The van der Waals surface area contributed by atoms with Crippen molar-refractivity contribution in [2.24, 2.45) is 7.05 Å². The zero-order chi connectivity index (χ0) is 11.7. The molecule has 0 fully saturated rings. The van der Waals surface area contributed by atoms with Gasteiger partial charge in [0.15, 0.2) is 5.82 Å². The summed E-state index contributed by atoms with van der Waals surface area (Å²) in [4.78, 5) is 2.67. The van der Waals surface area contributed by atoms with Crippen molar-refractivity contribution < 1.29 is 0 Å². The first kappa shape index (κ1) is 11.0. The van der Waals surface area contributed by atoms with E-state index in [1.165, 1.54) is 15.3 Å². The monoisotopic (exact) mass is 236 g/mol. The highest BCUT2D eigenvalue weighted by Gasteiger charge is 2.05. The molecule has 0 spiro atoms. The van der Waals surface area contributed by atoms with E-state index in [2.05, 4.69) is 30.3 Å². The van der Waals surface area contributed by atoms with Crippen LogP contribution in [0, 0.1) is 13.8 Å². The maximum Gasteiger partial charge on any atom is 0.171 e. The summed E-state index contributed by atoms with van der Waals surface area (Å²) in [5, 5.41) is 7.48. The first-order valence-corrected chi connectivity index (χ1v) is 5.97. The van der Waals surface area contributed by atoms with Gasteiger partial charge in [-0.3, -0.25) is 4.68 Å². The van der Waals surface area contributed by atoms with Crippen LogP contribution in [0.2, 0.25) is 0 Å². The smallest absolute Gasteiger partial charge is 0.171 e. The quantitative estimate of drug-likeness (QED) is 0.859. The van der Waals surface area contributed by atoms with Crippen LogP contribution in [0.3, 0.4) is 0 Å². The minimum Gasteiger partial charge on any atom is -0.394 e. The lowest BCUT2D eigenvalue weighted by atomic mass is 10.3. The number of nitrogen functional groups attached to an aromatic ring is 1. The number of nitrogens with two attached hydrogens (primary N) is 1. The van der Waals surface area contributed by atoms with E-state index in [4.69, 9.17) is 5.73 Å². The van der Waals surface area contributed by atoms with Crippen molar-refractivity contribution >= 4 is 22.8 Å². The number of aryl methyl sites for hydroxylation is 3. The number of hydrogen-bond donors (Lipinski definition) is 2. The van der Waals surface area contributed by atoms with Gasteiger partial charge in [0.25, 0.3) is 0 Å². The third kappa shape index (κ3) is 2.19. The fourth-order valence-corrected chi connectivity index (χ4v) is 2.55. The van der Waals surface area contributed by atoms with Gasteiger partial charge in [0.1, 0.15) is 0 Å². The lowest BCUT2D eigenvalue weighted by Crippen LogP contribution is -2.01. The van der Waals surface area contributed by atoms with Crippen LogP contribution in [0.5, 0.6) is 0 Å². The highest BCUT2D eigenvalue weighted by Crippen LogP contribution is 2.22. The van der Waals surface area contributed by atoms with Gasteiger partial charge < -0.3 is 11.1 Å². The molecular weight excluding hydrogens is 220 g/mol. The largest absolute Gasteiger partial charge is 0.394 e. The molecule has 0 aliphatic rings. The van der Waals surface area contributed by atoms with Crippen molar-refractivity contribution in [3.63, 3.8) is 0 Å². The molecule has 0 aliphatic carbocycles. The molecule has 0 aliphatic heterocycles. The molecule has 2 heterocycles. The highest BCUT2D eigenvalue weighted by molar-refractivity contribution is 7.12. The summed E-state index contributed by atoms with van der Waals surface area (Å²) in [6, 6.07) is 2.20. The second-order valence-corrected chi connectivity index (χ2v) is 5.25. The Labute approximate surface area is 99.1 Å². The molecule has 86 valence electrons.